The van der Waals surface area contributed by atoms with E-state index in [1.54, 1.807) is 0 Å². The molecule has 0 saturated heterocycles. The van der Waals surface area contributed by atoms with Crippen molar-refractivity contribution < 1.29 is 10.2 Å². The minimum Gasteiger partial charge on any atom is -0.870 e. The monoisotopic (exact) mass is 116 g/mol. The molecule has 0 aliphatic rings. The molecule has 0 aromatic rings. The van der Waals surface area contributed by atoms with E-state index in [0.29, 0.717) is 0 Å². The van der Waals surface area contributed by atoms with E-state index in [-0.39, 0.29) is 11.9 Å². The van der Waals surface area contributed by atoms with Gasteiger partial charge in [-0.15, -0.1) is 0 Å². The van der Waals surface area contributed by atoms with Gasteiger partial charge in [0.15, 0.2) is 5.40 Å². The molecular weight excluding hydrogens is 116 g/mol. The Morgan fingerprint density at radius 1 is 1.71 bits per heavy atom. The van der Waals surface area contributed by atoms with Crippen LogP contribution >= 0.6 is 11.9 Å². The van der Waals surface area contributed by atoms with Gasteiger partial charge in [0, 0.05) is 0 Å². The van der Waals surface area contributed by atoms with Gasteiger partial charge in [-0.25, -0.2) is 4.40 Å². The van der Waals surface area contributed by atoms with Crippen molar-refractivity contribution in [2.75, 3.05) is 0 Å². The molecule has 0 fully saturated rings. The van der Waals surface area contributed by atoms with Gasteiger partial charge in [0.2, 0.25) is 0 Å². The SMILES string of the molecule is N#CSN=C([O-])[O-]. The van der Waals surface area contributed by atoms with Crippen LogP contribution in [-0.4, -0.2) is 6.08 Å². The van der Waals surface area contributed by atoms with Crippen LogP contribution in [0.4, 0.5) is 0 Å². The minimum atomic E-state index is -1.58. The summed E-state index contributed by atoms with van der Waals surface area (Å²) in [6.07, 6.45) is -1.58. The predicted octanol–water partition coefficient (Wildman–Crippen LogP) is -1.81. The number of hydrogen-bond acceptors (Lipinski definition) is 5. The summed E-state index contributed by atoms with van der Waals surface area (Å²) in [5, 5.41) is 27.7. The van der Waals surface area contributed by atoms with Crippen molar-refractivity contribution in [3.8, 4) is 5.40 Å². The molecule has 0 rings (SSSR count). The topological polar surface area (TPSA) is 82.3 Å². The van der Waals surface area contributed by atoms with Gasteiger partial charge < -0.3 is 10.2 Å². The lowest BCUT2D eigenvalue weighted by atomic mass is 11.4. The van der Waals surface area contributed by atoms with Crippen LogP contribution in [0.2, 0.25) is 0 Å². The standard InChI is InChI=1S/C2H2N2O2S/c3-1-7-4-2(5)6/h(H2,4,5,6)/p-2. The zero-order valence-corrected chi connectivity index (χ0v) is 3.94. The molecule has 38 valence electrons. The maximum absolute atomic E-state index is 9.31. The molecule has 4 nitrogen and oxygen atoms in total. The van der Waals surface area contributed by atoms with Crippen molar-refractivity contribution in [2.24, 2.45) is 4.40 Å². The fraction of sp³-hybridized carbons (Fsp3) is 0. The molecule has 5 heteroatoms. The number of nitrogens with zero attached hydrogens (tertiary/aromatic N) is 2. The fourth-order valence-corrected chi connectivity index (χ4v) is 0.173. The average Bonchev–Trinajstić information content (AvgIpc) is 1.61. The van der Waals surface area contributed by atoms with Gasteiger partial charge in [-0.2, -0.15) is 5.26 Å². The number of rotatable bonds is 1. The molecule has 0 radical (unpaired) electrons. The van der Waals surface area contributed by atoms with Crippen molar-refractivity contribution in [3.05, 3.63) is 0 Å². The second-order valence-corrected chi connectivity index (χ2v) is 1.09. The molecule has 0 amide bonds. The molecule has 0 heterocycles. The third-order valence-electron chi connectivity index (χ3n) is 0.161. The van der Waals surface area contributed by atoms with Gasteiger partial charge in [0.05, 0.1) is 11.9 Å². The third kappa shape index (κ3) is 5.11. The third-order valence-corrected chi connectivity index (χ3v) is 0.483. The van der Waals surface area contributed by atoms with E-state index in [1.165, 1.54) is 5.40 Å². The Kier molecular flexibility index (Phi) is 2.89. The summed E-state index contributed by atoms with van der Waals surface area (Å²) in [7, 11) is 0. The lowest BCUT2D eigenvalue weighted by Gasteiger charge is -2.10. The highest BCUT2D eigenvalue weighted by Gasteiger charge is 1.63. The predicted molar refractivity (Wildman–Crippen MR) is 20.6 cm³/mol. The van der Waals surface area contributed by atoms with Crippen LogP contribution in [0.25, 0.3) is 0 Å². The van der Waals surface area contributed by atoms with Crippen LogP contribution in [0.1, 0.15) is 0 Å². The Bertz CT molecular complexity index is 111. The molecule has 0 atom stereocenters. The molecule has 0 unspecified atom stereocenters. The highest BCUT2D eigenvalue weighted by Crippen LogP contribution is 1.93. The van der Waals surface area contributed by atoms with Crippen molar-refractivity contribution in [2.45, 2.75) is 0 Å². The van der Waals surface area contributed by atoms with Gasteiger partial charge >= 0.3 is 0 Å². The first kappa shape index (κ1) is 6.11. The minimum absolute atomic E-state index is 0.285. The maximum Gasteiger partial charge on any atom is 0.157 e. The Balaban J connectivity index is 3.32. The fourth-order valence-electron chi connectivity index (χ4n) is 0.0577. The van der Waals surface area contributed by atoms with Gasteiger partial charge in [0.25, 0.3) is 0 Å². The molecule has 0 aliphatic carbocycles. The summed E-state index contributed by atoms with van der Waals surface area (Å²) >= 11 is 0.285. The molecule has 0 aromatic heterocycles. The highest BCUT2D eigenvalue weighted by atomic mass is 32.2. The zero-order valence-electron chi connectivity index (χ0n) is 3.12. The van der Waals surface area contributed by atoms with Crippen molar-refractivity contribution in [3.63, 3.8) is 0 Å². The number of hydrogen-bond donors (Lipinski definition) is 0. The smallest absolute Gasteiger partial charge is 0.157 e. The van der Waals surface area contributed by atoms with Crippen LogP contribution in [0.15, 0.2) is 4.40 Å². The van der Waals surface area contributed by atoms with Crippen molar-refractivity contribution in [1.82, 2.24) is 0 Å². The Morgan fingerprint density at radius 3 is 2.43 bits per heavy atom. The zero-order chi connectivity index (χ0) is 5.70. The van der Waals surface area contributed by atoms with Crippen molar-refractivity contribution in [1.29, 1.82) is 5.26 Å². The molecule has 7 heavy (non-hydrogen) atoms. The molecule has 0 aromatic carbocycles. The molecule has 0 saturated carbocycles. The summed E-state index contributed by atoms with van der Waals surface area (Å²) in [5.41, 5.74) is 0. The molecule has 0 bridgehead atoms. The number of thiocyanates is 1. The first-order valence-electron chi connectivity index (χ1n) is 1.24. The normalized spacial score (nSPS) is 6.71. The second-order valence-electron chi connectivity index (χ2n) is 0.540. The van der Waals surface area contributed by atoms with E-state index < -0.39 is 6.08 Å². The molecule has 0 aliphatic heterocycles. The van der Waals surface area contributed by atoms with Gasteiger partial charge in [0.1, 0.15) is 0 Å². The van der Waals surface area contributed by atoms with Crippen LogP contribution in [0.3, 0.4) is 0 Å². The van der Waals surface area contributed by atoms with E-state index in [2.05, 4.69) is 4.40 Å². The van der Waals surface area contributed by atoms with Crippen LogP contribution in [0, 0.1) is 10.7 Å². The van der Waals surface area contributed by atoms with Crippen LogP contribution in [0.5, 0.6) is 0 Å². The van der Waals surface area contributed by atoms with Gasteiger partial charge in [-0.05, 0) is 0 Å². The lowest BCUT2D eigenvalue weighted by molar-refractivity contribution is -0.383. The summed E-state index contributed by atoms with van der Waals surface area (Å²) in [5.74, 6) is 0. The highest BCUT2D eigenvalue weighted by molar-refractivity contribution is 8.02. The summed E-state index contributed by atoms with van der Waals surface area (Å²) < 4.78 is 2.60. The maximum atomic E-state index is 9.31. The summed E-state index contributed by atoms with van der Waals surface area (Å²) in [6.45, 7) is 0. The Labute approximate surface area is 44.2 Å². The van der Waals surface area contributed by atoms with Crippen molar-refractivity contribution >= 4 is 18.0 Å². The van der Waals surface area contributed by atoms with E-state index in [4.69, 9.17) is 5.26 Å². The molecule has 0 spiro atoms. The summed E-state index contributed by atoms with van der Waals surface area (Å²) in [6, 6.07) is 0. The largest absolute Gasteiger partial charge is 0.870 e. The van der Waals surface area contributed by atoms with E-state index >= 15 is 0 Å². The Morgan fingerprint density at radius 2 is 2.29 bits per heavy atom. The lowest BCUT2D eigenvalue weighted by Crippen LogP contribution is -2.31. The van der Waals surface area contributed by atoms with E-state index in [0.717, 1.165) is 0 Å². The number of nitriles is 1. The second kappa shape index (κ2) is 3.31. The van der Waals surface area contributed by atoms with E-state index in [1.807, 2.05) is 0 Å². The van der Waals surface area contributed by atoms with E-state index in [9.17, 15) is 10.2 Å². The summed E-state index contributed by atoms with van der Waals surface area (Å²) in [4.78, 5) is 0. The quantitative estimate of drug-likeness (QED) is 0.175. The first-order chi connectivity index (χ1) is 3.27. The van der Waals surface area contributed by atoms with Crippen LogP contribution < -0.4 is 10.2 Å². The van der Waals surface area contributed by atoms with Gasteiger partial charge in [-0.3, -0.25) is 0 Å². The molecule has 0 N–H and O–H groups in total. The van der Waals surface area contributed by atoms with Gasteiger partial charge in [-0.1, -0.05) is 6.08 Å². The average molecular weight is 116 g/mol. The molecular formula is C2N2O2S-2. The van der Waals surface area contributed by atoms with Crippen LogP contribution in [-0.2, 0) is 0 Å². The Hall–Kier alpha value is -0.890. The first-order valence-corrected chi connectivity index (χ1v) is 2.02.